The van der Waals surface area contributed by atoms with Gasteiger partial charge in [0.05, 0.1) is 10.6 Å². The Morgan fingerprint density at radius 3 is 2.61 bits per heavy atom. The summed E-state index contributed by atoms with van der Waals surface area (Å²) in [7, 11) is -3.50. The molecule has 0 spiro atoms. The minimum Gasteiger partial charge on any atom is -0.199 e. The predicted molar refractivity (Wildman–Crippen MR) is 73.9 cm³/mol. The maximum atomic E-state index is 11.8. The summed E-state index contributed by atoms with van der Waals surface area (Å²) in [5, 5.41) is -0.0786. The molecule has 0 fully saturated rings. The summed E-state index contributed by atoms with van der Waals surface area (Å²) in [5.74, 6) is 0.487. The molecule has 0 aliphatic carbocycles. The van der Waals surface area contributed by atoms with Crippen LogP contribution in [0.5, 0.6) is 0 Å². The van der Waals surface area contributed by atoms with E-state index in [2.05, 4.69) is 18.2 Å². The molecule has 0 radical (unpaired) electrons. The summed E-state index contributed by atoms with van der Waals surface area (Å²) in [5.41, 5.74) is 1.29. The van der Waals surface area contributed by atoms with Crippen molar-refractivity contribution in [1.29, 1.82) is 0 Å². The Morgan fingerprint density at radius 2 is 1.94 bits per heavy atom. The fourth-order valence-corrected chi connectivity index (χ4v) is 3.90. The van der Waals surface area contributed by atoms with E-state index in [1.54, 1.807) is 18.2 Å². The fourth-order valence-electron chi connectivity index (χ4n) is 2.13. The van der Waals surface area contributed by atoms with E-state index in [1.165, 1.54) is 0 Å². The number of nitrogens with zero attached hydrogens (tertiary/aromatic N) is 1. The zero-order valence-electron chi connectivity index (χ0n) is 10.4. The van der Waals surface area contributed by atoms with Gasteiger partial charge in [0.15, 0.2) is 0 Å². The highest BCUT2D eigenvalue weighted by atomic mass is 35.5. The third-order valence-corrected chi connectivity index (χ3v) is 4.55. The summed E-state index contributed by atoms with van der Waals surface area (Å²) >= 11 is 6.24. The number of hydrogen-bond acceptors (Lipinski definition) is 2. The van der Waals surface area contributed by atoms with Gasteiger partial charge in [-0.2, -0.15) is 12.8 Å². The molecule has 0 saturated carbocycles. The van der Waals surface area contributed by atoms with Crippen LogP contribution >= 0.6 is 11.6 Å². The topological polar surface area (TPSA) is 46.5 Å². The van der Waals surface area contributed by atoms with Crippen LogP contribution in [0.4, 0.5) is 0 Å². The van der Waals surface area contributed by atoms with Crippen LogP contribution < -0.4 is 0 Å². The molecule has 1 aromatic carbocycles. The predicted octanol–water partition coefficient (Wildman–Crippen LogP) is 3.22. The van der Waals surface area contributed by atoms with Crippen molar-refractivity contribution in [3.63, 3.8) is 0 Å². The smallest absolute Gasteiger partial charge is 0.199 e. The molecule has 18 heavy (non-hydrogen) atoms. The lowest BCUT2D eigenvalue weighted by Crippen LogP contribution is -2.10. The van der Waals surface area contributed by atoms with E-state index in [0.29, 0.717) is 28.5 Å². The molecule has 0 N–H and O–H groups in total. The zero-order valence-corrected chi connectivity index (χ0v) is 12.0. The first-order valence-corrected chi connectivity index (χ1v) is 7.85. The second-order valence-electron chi connectivity index (χ2n) is 4.94. The molecule has 1 unspecified atom stereocenters. The molecule has 1 aliphatic heterocycles. The lowest BCUT2D eigenvalue weighted by Gasteiger charge is -2.11. The molecule has 1 aromatic rings. The average Bonchev–Trinajstić information content (AvgIpc) is 2.50. The van der Waals surface area contributed by atoms with E-state index in [1.807, 2.05) is 6.07 Å². The van der Waals surface area contributed by atoms with Crippen molar-refractivity contribution in [2.75, 3.05) is 0 Å². The third-order valence-electron chi connectivity index (χ3n) is 2.85. The SMILES string of the molecule is CC(C)CC(Cl)CC1=NS(=O)(=O)c2ccccc21. The normalized spacial score (nSPS) is 18.6. The quantitative estimate of drug-likeness (QED) is 0.798. The minimum absolute atomic E-state index is 0.0786. The maximum Gasteiger partial charge on any atom is 0.283 e. The summed E-state index contributed by atoms with van der Waals surface area (Å²) < 4.78 is 27.5. The lowest BCUT2D eigenvalue weighted by atomic mass is 10.0. The van der Waals surface area contributed by atoms with Crippen LogP contribution in [0, 0.1) is 5.92 Å². The Kier molecular flexibility index (Phi) is 3.78. The molecule has 5 heteroatoms. The second-order valence-corrected chi connectivity index (χ2v) is 7.13. The summed E-state index contributed by atoms with van der Waals surface area (Å²) in [4.78, 5) is 0.299. The standard InChI is InChI=1S/C13H16ClNO2S/c1-9(2)7-10(14)8-12-11-5-3-4-6-13(11)18(16,17)15-12/h3-6,9-10H,7-8H2,1-2H3. The third kappa shape index (κ3) is 2.75. The molecule has 0 bridgehead atoms. The fraction of sp³-hybridized carbons (Fsp3) is 0.462. The summed E-state index contributed by atoms with van der Waals surface area (Å²) in [6, 6.07) is 6.91. The first-order valence-electron chi connectivity index (χ1n) is 5.97. The number of fused-ring (bicyclic) bond motifs is 1. The first-order chi connectivity index (χ1) is 8.40. The molecular weight excluding hydrogens is 270 g/mol. The Hall–Kier alpha value is -0.870. The van der Waals surface area contributed by atoms with Gasteiger partial charge in [0.25, 0.3) is 10.0 Å². The zero-order chi connectivity index (χ0) is 13.3. The highest BCUT2D eigenvalue weighted by Gasteiger charge is 2.29. The van der Waals surface area contributed by atoms with Gasteiger partial charge < -0.3 is 0 Å². The van der Waals surface area contributed by atoms with Crippen LogP contribution in [-0.4, -0.2) is 19.5 Å². The van der Waals surface area contributed by atoms with E-state index in [-0.39, 0.29) is 5.38 Å². The molecular formula is C13H16ClNO2S. The van der Waals surface area contributed by atoms with E-state index in [4.69, 9.17) is 11.6 Å². The van der Waals surface area contributed by atoms with Crippen molar-refractivity contribution < 1.29 is 8.42 Å². The maximum absolute atomic E-state index is 11.8. The molecule has 0 saturated heterocycles. The average molecular weight is 286 g/mol. The number of benzene rings is 1. The van der Waals surface area contributed by atoms with Crippen molar-refractivity contribution in [3.05, 3.63) is 29.8 Å². The van der Waals surface area contributed by atoms with Gasteiger partial charge in [-0.3, -0.25) is 0 Å². The molecule has 1 heterocycles. The van der Waals surface area contributed by atoms with Crippen molar-refractivity contribution in [2.24, 2.45) is 10.3 Å². The van der Waals surface area contributed by atoms with Crippen molar-refractivity contribution >= 4 is 27.3 Å². The number of hydrogen-bond donors (Lipinski definition) is 0. The van der Waals surface area contributed by atoms with Gasteiger partial charge in [-0.05, 0) is 18.4 Å². The minimum atomic E-state index is -3.50. The first kappa shape index (κ1) is 13.6. The van der Waals surface area contributed by atoms with E-state index >= 15 is 0 Å². The Bertz CT molecular complexity index is 578. The number of sulfonamides is 1. The largest absolute Gasteiger partial charge is 0.283 e. The van der Waals surface area contributed by atoms with Gasteiger partial charge in [0.2, 0.25) is 0 Å². The van der Waals surface area contributed by atoms with Gasteiger partial charge in [-0.25, -0.2) is 0 Å². The van der Waals surface area contributed by atoms with Gasteiger partial charge in [0, 0.05) is 17.4 Å². The Labute approximate surface area is 113 Å². The van der Waals surface area contributed by atoms with Gasteiger partial charge >= 0.3 is 0 Å². The van der Waals surface area contributed by atoms with Crippen LogP contribution in [0.3, 0.4) is 0 Å². The summed E-state index contributed by atoms with van der Waals surface area (Å²) in [6.07, 6.45) is 1.35. The molecule has 98 valence electrons. The molecule has 1 atom stereocenters. The lowest BCUT2D eigenvalue weighted by molar-refractivity contribution is 0.570. The van der Waals surface area contributed by atoms with E-state index in [9.17, 15) is 8.42 Å². The van der Waals surface area contributed by atoms with Crippen molar-refractivity contribution in [2.45, 2.75) is 37.0 Å². The van der Waals surface area contributed by atoms with Gasteiger partial charge in [-0.15, -0.1) is 11.6 Å². The van der Waals surface area contributed by atoms with Crippen LogP contribution in [-0.2, 0) is 10.0 Å². The number of rotatable bonds is 4. The Balaban J connectivity index is 2.26. The molecule has 3 nitrogen and oxygen atoms in total. The highest BCUT2D eigenvalue weighted by molar-refractivity contribution is 7.90. The van der Waals surface area contributed by atoms with Crippen LogP contribution in [0.15, 0.2) is 33.6 Å². The molecule has 2 rings (SSSR count). The van der Waals surface area contributed by atoms with Crippen molar-refractivity contribution in [1.82, 2.24) is 0 Å². The monoisotopic (exact) mass is 285 g/mol. The van der Waals surface area contributed by atoms with E-state index < -0.39 is 10.0 Å². The summed E-state index contributed by atoms with van der Waals surface area (Å²) in [6.45, 7) is 4.19. The molecule has 0 amide bonds. The molecule has 0 aromatic heterocycles. The van der Waals surface area contributed by atoms with Crippen LogP contribution in [0.25, 0.3) is 0 Å². The number of alkyl halides is 1. The van der Waals surface area contributed by atoms with Gasteiger partial charge in [0.1, 0.15) is 0 Å². The van der Waals surface area contributed by atoms with Crippen molar-refractivity contribution in [3.8, 4) is 0 Å². The second kappa shape index (κ2) is 5.02. The van der Waals surface area contributed by atoms with E-state index in [0.717, 1.165) is 6.42 Å². The Morgan fingerprint density at radius 1 is 1.28 bits per heavy atom. The number of halogens is 1. The van der Waals surface area contributed by atoms with Crippen LogP contribution in [0.1, 0.15) is 32.3 Å². The highest BCUT2D eigenvalue weighted by Crippen LogP contribution is 2.29. The molecule has 1 aliphatic rings. The van der Waals surface area contributed by atoms with Gasteiger partial charge in [-0.1, -0.05) is 32.0 Å². The van der Waals surface area contributed by atoms with Crippen LogP contribution in [0.2, 0.25) is 0 Å².